The van der Waals surface area contributed by atoms with Gasteiger partial charge in [0.15, 0.2) is 5.78 Å². The summed E-state index contributed by atoms with van der Waals surface area (Å²) in [6.07, 6.45) is 4.63. The van der Waals surface area contributed by atoms with Gasteiger partial charge in [-0.2, -0.15) is 0 Å². The molecular weight excluding hydrogens is 188 g/mol. The van der Waals surface area contributed by atoms with Crippen molar-refractivity contribution in [2.24, 2.45) is 11.8 Å². The number of hydrogen-bond acceptors (Lipinski definition) is 2. The van der Waals surface area contributed by atoms with Crippen molar-refractivity contribution < 1.29 is 9.90 Å². The maximum Gasteiger partial charge on any atom is 0.164 e. The lowest BCUT2D eigenvalue weighted by Crippen LogP contribution is -2.32. The summed E-state index contributed by atoms with van der Waals surface area (Å²) in [4.78, 5) is 11.6. The Hall–Kier alpha value is -0.370. The van der Waals surface area contributed by atoms with Gasteiger partial charge in [-0.25, -0.2) is 0 Å². The third-order valence-electron chi connectivity index (χ3n) is 3.01. The van der Waals surface area contributed by atoms with Gasteiger partial charge in [-0.1, -0.05) is 53.4 Å². The molecule has 0 radical (unpaired) electrons. The Morgan fingerprint density at radius 1 is 1.20 bits per heavy atom. The van der Waals surface area contributed by atoms with Crippen LogP contribution in [-0.4, -0.2) is 17.0 Å². The van der Waals surface area contributed by atoms with E-state index in [0.717, 1.165) is 19.3 Å². The molecule has 0 bridgehead atoms. The predicted molar refractivity (Wildman–Crippen MR) is 63.8 cm³/mol. The molecule has 0 saturated heterocycles. The Morgan fingerprint density at radius 2 is 1.80 bits per heavy atom. The van der Waals surface area contributed by atoms with Crippen LogP contribution in [0.3, 0.4) is 0 Å². The fourth-order valence-electron chi connectivity index (χ4n) is 1.82. The third-order valence-corrected chi connectivity index (χ3v) is 3.01. The van der Waals surface area contributed by atoms with Crippen LogP contribution in [0.4, 0.5) is 0 Å². The summed E-state index contributed by atoms with van der Waals surface area (Å²) in [5, 5.41) is 9.90. The first-order chi connectivity index (χ1) is 7.04. The minimum Gasteiger partial charge on any atom is -0.385 e. The molecule has 15 heavy (non-hydrogen) atoms. The van der Waals surface area contributed by atoms with Crippen LogP contribution in [0.25, 0.3) is 0 Å². The SMILES string of the molecule is CCCCCC(CC)C(O)C(=O)C(C)C. The van der Waals surface area contributed by atoms with Crippen molar-refractivity contribution >= 4 is 5.78 Å². The third kappa shape index (κ3) is 5.31. The summed E-state index contributed by atoms with van der Waals surface area (Å²) in [6, 6.07) is 0. The quantitative estimate of drug-likeness (QED) is 0.630. The van der Waals surface area contributed by atoms with Gasteiger partial charge in [0.05, 0.1) is 0 Å². The largest absolute Gasteiger partial charge is 0.385 e. The fraction of sp³-hybridized carbons (Fsp3) is 0.923. The van der Waals surface area contributed by atoms with Gasteiger partial charge in [-0.05, 0) is 12.3 Å². The number of Topliss-reactive ketones (excluding diaryl/α,β-unsaturated/α-hetero) is 1. The summed E-state index contributed by atoms with van der Waals surface area (Å²) in [7, 11) is 0. The maximum atomic E-state index is 11.6. The van der Waals surface area contributed by atoms with E-state index in [9.17, 15) is 9.90 Å². The number of aliphatic hydroxyl groups is 1. The molecule has 1 N–H and O–H groups in total. The van der Waals surface area contributed by atoms with Crippen molar-refractivity contribution in [3.8, 4) is 0 Å². The van der Waals surface area contributed by atoms with E-state index in [0.29, 0.717) is 0 Å². The smallest absolute Gasteiger partial charge is 0.164 e. The Morgan fingerprint density at radius 3 is 2.20 bits per heavy atom. The summed E-state index contributed by atoms with van der Waals surface area (Å²) < 4.78 is 0. The second-order valence-electron chi connectivity index (χ2n) is 4.67. The zero-order chi connectivity index (χ0) is 11.8. The van der Waals surface area contributed by atoms with Gasteiger partial charge in [-0.3, -0.25) is 4.79 Å². The molecule has 0 aliphatic carbocycles. The molecule has 90 valence electrons. The number of unbranched alkanes of at least 4 members (excludes halogenated alkanes) is 2. The van der Waals surface area contributed by atoms with Gasteiger partial charge in [-0.15, -0.1) is 0 Å². The first-order valence-corrected chi connectivity index (χ1v) is 6.26. The van der Waals surface area contributed by atoms with Crippen molar-refractivity contribution in [1.29, 1.82) is 0 Å². The minimum atomic E-state index is -0.744. The second kappa shape index (κ2) is 7.86. The van der Waals surface area contributed by atoms with Crippen LogP contribution in [0.2, 0.25) is 0 Å². The number of carbonyl (C=O) groups is 1. The molecule has 0 amide bonds. The summed E-state index contributed by atoms with van der Waals surface area (Å²) in [5.74, 6) is 0.102. The predicted octanol–water partition coefficient (Wildman–Crippen LogP) is 3.18. The van der Waals surface area contributed by atoms with Crippen LogP contribution in [0, 0.1) is 11.8 Å². The molecule has 0 spiro atoms. The van der Waals surface area contributed by atoms with Gasteiger partial charge in [0.1, 0.15) is 6.10 Å². The molecule has 0 aliphatic rings. The zero-order valence-electron chi connectivity index (χ0n) is 10.6. The minimum absolute atomic E-state index is 0.00153. The molecule has 2 unspecified atom stereocenters. The standard InChI is InChI=1S/C13H26O2/c1-5-7-8-9-11(6-2)13(15)12(14)10(3)4/h10-11,13,15H,5-9H2,1-4H3. The second-order valence-corrected chi connectivity index (χ2v) is 4.67. The van der Waals surface area contributed by atoms with E-state index in [1.807, 2.05) is 20.8 Å². The average Bonchev–Trinajstić information content (AvgIpc) is 2.22. The average molecular weight is 214 g/mol. The Bertz CT molecular complexity index is 175. The lowest BCUT2D eigenvalue weighted by molar-refractivity contribution is -0.133. The Balaban J connectivity index is 4.09. The number of aliphatic hydroxyl groups excluding tert-OH is 1. The lowest BCUT2D eigenvalue weighted by atomic mass is 9.87. The highest BCUT2D eigenvalue weighted by Crippen LogP contribution is 2.20. The Labute approximate surface area is 94.1 Å². The number of rotatable bonds is 8. The molecule has 0 aromatic carbocycles. The van der Waals surface area contributed by atoms with Crippen molar-refractivity contribution in [3.05, 3.63) is 0 Å². The van der Waals surface area contributed by atoms with E-state index >= 15 is 0 Å². The van der Waals surface area contributed by atoms with Crippen molar-refractivity contribution in [2.45, 2.75) is 65.9 Å². The molecule has 0 aromatic heterocycles. The van der Waals surface area contributed by atoms with E-state index in [2.05, 4.69) is 6.92 Å². The van der Waals surface area contributed by atoms with Gasteiger partial charge in [0.25, 0.3) is 0 Å². The van der Waals surface area contributed by atoms with Crippen molar-refractivity contribution in [1.82, 2.24) is 0 Å². The topological polar surface area (TPSA) is 37.3 Å². The van der Waals surface area contributed by atoms with Gasteiger partial charge >= 0.3 is 0 Å². The molecule has 2 nitrogen and oxygen atoms in total. The van der Waals surface area contributed by atoms with Crippen LogP contribution in [0.5, 0.6) is 0 Å². The number of ketones is 1. The van der Waals surface area contributed by atoms with Crippen molar-refractivity contribution in [3.63, 3.8) is 0 Å². The molecule has 0 heterocycles. The maximum absolute atomic E-state index is 11.6. The molecule has 0 aromatic rings. The van der Waals surface area contributed by atoms with Crippen LogP contribution in [0.1, 0.15) is 59.8 Å². The lowest BCUT2D eigenvalue weighted by Gasteiger charge is -2.21. The fourth-order valence-corrected chi connectivity index (χ4v) is 1.82. The van der Waals surface area contributed by atoms with Gasteiger partial charge in [0, 0.05) is 5.92 Å². The first kappa shape index (κ1) is 14.6. The van der Waals surface area contributed by atoms with Crippen molar-refractivity contribution in [2.75, 3.05) is 0 Å². The van der Waals surface area contributed by atoms with Crippen LogP contribution in [0.15, 0.2) is 0 Å². The molecule has 0 rings (SSSR count). The first-order valence-electron chi connectivity index (χ1n) is 6.26. The zero-order valence-corrected chi connectivity index (χ0v) is 10.6. The van der Waals surface area contributed by atoms with E-state index in [-0.39, 0.29) is 17.6 Å². The normalized spacial score (nSPS) is 15.3. The number of hydrogen-bond donors (Lipinski definition) is 1. The number of carbonyl (C=O) groups excluding carboxylic acids is 1. The molecule has 0 saturated carbocycles. The van der Waals surface area contributed by atoms with Crippen LogP contribution < -0.4 is 0 Å². The van der Waals surface area contributed by atoms with Gasteiger partial charge < -0.3 is 5.11 Å². The van der Waals surface area contributed by atoms with Crippen LogP contribution in [-0.2, 0) is 4.79 Å². The van der Waals surface area contributed by atoms with E-state index < -0.39 is 6.10 Å². The Kier molecular flexibility index (Phi) is 7.67. The van der Waals surface area contributed by atoms with E-state index in [1.54, 1.807) is 0 Å². The van der Waals surface area contributed by atoms with Crippen LogP contribution >= 0.6 is 0 Å². The van der Waals surface area contributed by atoms with Gasteiger partial charge in [0.2, 0.25) is 0 Å². The highest BCUT2D eigenvalue weighted by molar-refractivity contribution is 5.84. The van der Waals surface area contributed by atoms with E-state index in [1.165, 1.54) is 12.8 Å². The van der Waals surface area contributed by atoms with E-state index in [4.69, 9.17) is 0 Å². The molecule has 0 fully saturated rings. The summed E-state index contributed by atoms with van der Waals surface area (Å²) in [5.41, 5.74) is 0. The molecule has 2 atom stereocenters. The summed E-state index contributed by atoms with van der Waals surface area (Å²) >= 11 is 0. The molecule has 0 aliphatic heterocycles. The summed E-state index contributed by atoms with van der Waals surface area (Å²) in [6.45, 7) is 7.92. The highest BCUT2D eigenvalue weighted by Gasteiger charge is 2.25. The molecular formula is C13H26O2. The highest BCUT2D eigenvalue weighted by atomic mass is 16.3. The molecule has 2 heteroatoms. The monoisotopic (exact) mass is 214 g/mol.